The van der Waals surface area contributed by atoms with Crippen LogP contribution in [0.1, 0.15) is 27.7 Å². The summed E-state index contributed by atoms with van der Waals surface area (Å²) >= 11 is 0. The number of allylic oxidation sites excluding steroid dienone is 1. The summed E-state index contributed by atoms with van der Waals surface area (Å²) in [6.07, 6.45) is 1.79. The Morgan fingerprint density at radius 3 is 2.52 bits per heavy atom. The molecule has 0 N–H and O–H groups in total. The van der Waals surface area contributed by atoms with Crippen LogP contribution in [0.4, 0.5) is 0 Å². The number of nitroso groups, excluding NO2 is 1. The molecule has 1 unspecified atom stereocenters. The van der Waals surface area contributed by atoms with E-state index >= 15 is 0 Å². The van der Waals surface area contributed by atoms with E-state index in [4.69, 9.17) is 0 Å². The van der Waals surface area contributed by atoms with Gasteiger partial charge in [0.05, 0.1) is 6.54 Å². The van der Waals surface area contributed by atoms with E-state index in [-0.39, 0.29) is 0 Å². The van der Waals surface area contributed by atoms with Gasteiger partial charge in [0.2, 0.25) is 0 Å². The van der Waals surface area contributed by atoms with Crippen LogP contribution in [-0.4, -0.2) is 61.3 Å². The average Bonchev–Trinajstić information content (AvgIpc) is 2.47. The molecule has 0 spiro atoms. The zero-order valence-electron chi connectivity index (χ0n) is 14.0. The fourth-order valence-electron chi connectivity index (χ4n) is 2.19. The highest BCUT2D eigenvalue weighted by atomic mass is 16.3. The molecule has 1 aliphatic heterocycles. The van der Waals surface area contributed by atoms with E-state index < -0.39 is 0 Å². The summed E-state index contributed by atoms with van der Waals surface area (Å²) in [5, 5.41) is 2.92. The first-order chi connectivity index (χ1) is 10.0. The second-order valence-electron chi connectivity index (χ2n) is 5.12. The lowest BCUT2D eigenvalue weighted by Crippen LogP contribution is -2.52. The molecular weight excluding hydrogens is 264 g/mol. The lowest BCUT2D eigenvalue weighted by Gasteiger charge is -2.39. The normalized spacial score (nSPS) is 19.9. The van der Waals surface area contributed by atoms with E-state index in [0.717, 1.165) is 44.0 Å². The molecule has 0 bridgehead atoms. The summed E-state index contributed by atoms with van der Waals surface area (Å²) in [5.74, 6) is 0. The Kier molecular flexibility index (Phi) is 10.6. The topological polar surface area (TPSA) is 48.3 Å². The lowest BCUT2D eigenvalue weighted by molar-refractivity contribution is 0.0946. The van der Waals surface area contributed by atoms with Gasteiger partial charge in [-0.05, 0) is 19.4 Å². The van der Waals surface area contributed by atoms with E-state index in [0.29, 0.717) is 12.6 Å². The molecule has 0 radical (unpaired) electrons. The van der Waals surface area contributed by atoms with Crippen molar-refractivity contribution >= 4 is 6.21 Å². The molecule has 5 heteroatoms. The lowest BCUT2D eigenvalue weighted by atomic mass is 10.1. The highest BCUT2D eigenvalue weighted by molar-refractivity contribution is 5.78. The largest absolute Gasteiger partial charge is 0.299 e. The van der Waals surface area contributed by atoms with Crippen LogP contribution in [0.15, 0.2) is 34.6 Å². The van der Waals surface area contributed by atoms with Crippen molar-refractivity contribution in [3.63, 3.8) is 0 Å². The van der Waals surface area contributed by atoms with Crippen LogP contribution in [0, 0.1) is 4.91 Å². The number of nitrogens with zero attached hydrogens (tertiary/aromatic N) is 4. The molecule has 0 aromatic rings. The molecular formula is C16H30N4O. The number of rotatable bonds is 7. The molecule has 21 heavy (non-hydrogen) atoms. The molecule has 1 heterocycles. The predicted molar refractivity (Wildman–Crippen MR) is 91.9 cm³/mol. The van der Waals surface area contributed by atoms with Crippen LogP contribution >= 0.6 is 0 Å². The monoisotopic (exact) mass is 294 g/mol. The summed E-state index contributed by atoms with van der Waals surface area (Å²) in [6.45, 7) is 20.7. The Labute approximate surface area is 129 Å². The third-order valence-electron chi connectivity index (χ3n) is 3.23. The second-order valence-corrected chi connectivity index (χ2v) is 5.12. The molecule has 120 valence electrons. The highest BCUT2D eigenvalue weighted by Crippen LogP contribution is 2.10. The Balaban J connectivity index is 0.00000191. The predicted octanol–water partition coefficient (Wildman–Crippen LogP) is 2.95. The van der Waals surface area contributed by atoms with Crippen molar-refractivity contribution in [3.8, 4) is 0 Å². The fraction of sp³-hybridized carbons (Fsp3) is 0.688. The maximum absolute atomic E-state index is 10.1. The molecule has 1 fully saturated rings. The zero-order chi connectivity index (χ0) is 16.3. The number of hydrogen-bond acceptors (Lipinski definition) is 5. The van der Waals surface area contributed by atoms with Gasteiger partial charge in [-0.1, -0.05) is 32.2 Å². The molecule has 0 aliphatic carbocycles. The second kappa shape index (κ2) is 11.3. The standard InChI is InChI=1S/C14H24N4O.C2H6/c1-12(2)15-9-13(3)10-18-8-7-17(6-5-16-19)11-14(18)4;1-2/h9,14H,1,3,5-8,10-11H2,2,4H3;1-2H3. The quantitative estimate of drug-likeness (QED) is 0.536. The molecule has 0 saturated carbocycles. The first kappa shape index (κ1) is 19.7. The minimum absolute atomic E-state index is 0.380. The van der Waals surface area contributed by atoms with Crippen LogP contribution in [0.3, 0.4) is 0 Å². The van der Waals surface area contributed by atoms with Gasteiger partial charge in [0, 0.05) is 50.7 Å². The SMILES string of the molecule is C=C(C=NC(=C)C)CN1CCN(CCN=O)CC1C.CC. The number of aliphatic imine (C=N–C) groups is 1. The van der Waals surface area contributed by atoms with Gasteiger partial charge in [-0.3, -0.25) is 14.8 Å². The molecule has 5 nitrogen and oxygen atoms in total. The van der Waals surface area contributed by atoms with Gasteiger partial charge in [-0.2, -0.15) is 4.91 Å². The van der Waals surface area contributed by atoms with Gasteiger partial charge in [0.1, 0.15) is 0 Å². The van der Waals surface area contributed by atoms with E-state index in [1.54, 1.807) is 6.21 Å². The van der Waals surface area contributed by atoms with Crippen LogP contribution in [0.2, 0.25) is 0 Å². The van der Waals surface area contributed by atoms with Crippen molar-refractivity contribution in [2.45, 2.75) is 33.7 Å². The molecule has 0 aromatic carbocycles. The Hall–Kier alpha value is -1.33. The van der Waals surface area contributed by atoms with Gasteiger partial charge in [0.25, 0.3) is 0 Å². The zero-order valence-corrected chi connectivity index (χ0v) is 14.0. The minimum atomic E-state index is 0.380. The van der Waals surface area contributed by atoms with Gasteiger partial charge < -0.3 is 0 Å². The minimum Gasteiger partial charge on any atom is -0.299 e. The molecule has 0 amide bonds. The van der Waals surface area contributed by atoms with Gasteiger partial charge >= 0.3 is 0 Å². The van der Waals surface area contributed by atoms with E-state index in [1.807, 2.05) is 20.8 Å². The number of piperazine rings is 1. The van der Waals surface area contributed by atoms with Crippen molar-refractivity contribution in [1.82, 2.24) is 9.80 Å². The van der Waals surface area contributed by atoms with Gasteiger partial charge in [-0.25, -0.2) is 0 Å². The van der Waals surface area contributed by atoms with Crippen molar-refractivity contribution in [2.75, 3.05) is 39.3 Å². The molecule has 1 saturated heterocycles. The summed E-state index contributed by atoms with van der Waals surface area (Å²) in [6, 6.07) is 0.454. The molecule has 1 atom stereocenters. The molecule has 0 aromatic heterocycles. The van der Waals surface area contributed by atoms with Gasteiger partial charge in [0.15, 0.2) is 0 Å². The summed E-state index contributed by atoms with van der Waals surface area (Å²) in [5.41, 5.74) is 1.79. The van der Waals surface area contributed by atoms with Crippen LogP contribution in [0.25, 0.3) is 0 Å². The van der Waals surface area contributed by atoms with Crippen LogP contribution in [-0.2, 0) is 0 Å². The van der Waals surface area contributed by atoms with E-state index in [1.165, 1.54) is 0 Å². The summed E-state index contributed by atoms with van der Waals surface area (Å²) in [4.78, 5) is 19.0. The third kappa shape index (κ3) is 8.52. The maximum Gasteiger partial charge on any atom is 0.0938 e. The summed E-state index contributed by atoms with van der Waals surface area (Å²) in [7, 11) is 0. The van der Waals surface area contributed by atoms with Gasteiger partial charge in [-0.15, -0.1) is 0 Å². The third-order valence-corrected chi connectivity index (χ3v) is 3.23. The Morgan fingerprint density at radius 2 is 2.00 bits per heavy atom. The van der Waals surface area contributed by atoms with Crippen molar-refractivity contribution in [2.24, 2.45) is 10.2 Å². The highest BCUT2D eigenvalue weighted by Gasteiger charge is 2.23. The molecule has 1 rings (SSSR count). The number of hydrogen-bond donors (Lipinski definition) is 0. The van der Waals surface area contributed by atoms with E-state index in [2.05, 4.69) is 40.1 Å². The first-order valence-electron chi connectivity index (χ1n) is 7.65. The Bertz CT molecular complexity index is 365. The van der Waals surface area contributed by atoms with Crippen molar-refractivity contribution < 1.29 is 0 Å². The molecule has 1 aliphatic rings. The maximum atomic E-state index is 10.1. The average molecular weight is 294 g/mol. The fourth-order valence-corrected chi connectivity index (χ4v) is 2.19. The Morgan fingerprint density at radius 1 is 1.33 bits per heavy atom. The summed E-state index contributed by atoms with van der Waals surface area (Å²) < 4.78 is 0. The van der Waals surface area contributed by atoms with Crippen LogP contribution < -0.4 is 0 Å². The van der Waals surface area contributed by atoms with E-state index in [9.17, 15) is 4.91 Å². The van der Waals surface area contributed by atoms with Crippen molar-refractivity contribution in [3.05, 3.63) is 29.3 Å². The first-order valence-corrected chi connectivity index (χ1v) is 7.65. The van der Waals surface area contributed by atoms with Crippen molar-refractivity contribution in [1.29, 1.82) is 0 Å². The smallest absolute Gasteiger partial charge is 0.0938 e. The van der Waals surface area contributed by atoms with Crippen LogP contribution in [0.5, 0.6) is 0 Å².